The quantitative estimate of drug-likeness (QED) is 0.682. The van der Waals surface area contributed by atoms with Crippen LogP contribution in [0.1, 0.15) is 18.0 Å². The van der Waals surface area contributed by atoms with E-state index in [1.165, 1.54) is 21.7 Å². The Kier molecular flexibility index (Phi) is 4.34. The molecule has 0 spiro atoms. The molecule has 0 amide bonds. The van der Waals surface area contributed by atoms with E-state index in [9.17, 15) is 8.42 Å². The van der Waals surface area contributed by atoms with Crippen LogP contribution in [-0.4, -0.2) is 38.0 Å². The monoisotopic (exact) mass is 390 g/mol. The number of sulfonamides is 1. The Morgan fingerprint density at radius 3 is 2.62 bits per heavy atom. The summed E-state index contributed by atoms with van der Waals surface area (Å²) >= 11 is 1.51. The average Bonchev–Trinajstić information content (AvgIpc) is 3.10. The van der Waals surface area contributed by atoms with Crippen molar-refractivity contribution in [3.63, 3.8) is 0 Å². The minimum absolute atomic E-state index is 0.178. The van der Waals surface area contributed by atoms with Crippen molar-refractivity contribution in [3.8, 4) is 11.5 Å². The van der Waals surface area contributed by atoms with Gasteiger partial charge >= 0.3 is 0 Å². The summed E-state index contributed by atoms with van der Waals surface area (Å²) in [4.78, 5) is 4.76. The SMILES string of the molecule is C[C@@H](c1nc2ccccc2s1)N(C)S(=O)(=O)c1ccc2c(c1)OCCO2. The summed E-state index contributed by atoms with van der Waals surface area (Å²) in [7, 11) is -2.12. The fraction of sp³-hybridized carbons (Fsp3) is 0.278. The van der Waals surface area contributed by atoms with Gasteiger partial charge in [-0.2, -0.15) is 4.31 Å². The summed E-state index contributed by atoms with van der Waals surface area (Å²) in [6.45, 7) is 2.72. The Balaban J connectivity index is 1.66. The molecule has 6 nitrogen and oxygen atoms in total. The first-order valence-electron chi connectivity index (χ1n) is 8.20. The summed E-state index contributed by atoms with van der Waals surface area (Å²) < 4.78 is 39.5. The molecule has 1 atom stereocenters. The lowest BCUT2D eigenvalue weighted by Gasteiger charge is -2.24. The van der Waals surface area contributed by atoms with Crippen LogP contribution in [-0.2, 0) is 10.0 Å². The number of aromatic nitrogens is 1. The number of fused-ring (bicyclic) bond motifs is 2. The summed E-state index contributed by atoms with van der Waals surface area (Å²) in [6.07, 6.45) is 0. The normalized spacial score (nSPS) is 15.3. The third-order valence-electron chi connectivity index (χ3n) is 4.40. The van der Waals surface area contributed by atoms with E-state index < -0.39 is 10.0 Å². The molecule has 0 N–H and O–H groups in total. The van der Waals surface area contributed by atoms with Crippen LogP contribution in [0.2, 0.25) is 0 Å². The van der Waals surface area contributed by atoms with Crippen molar-refractivity contribution < 1.29 is 17.9 Å². The molecular formula is C18H18N2O4S2. The molecule has 0 radical (unpaired) electrons. The van der Waals surface area contributed by atoms with Gasteiger partial charge in [-0.25, -0.2) is 13.4 Å². The molecule has 26 heavy (non-hydrogen) atoms. The van der Waals surface area contributed by atoms with E-state index in [4.69, 9.17) is 9.47 Å². The highest BCUT2D eigenvalue weighted by Crippen LogP contribution is 2.35. The lowest BCUT2D eigenvalue weighted by Crippen LogP contribution is -2.30. The number of rotatable bonds is 4. The van der Waals surface area contributed by atoms with Crippen molar-refractivity contribution in [2.24, 2.45) is 0 Å². The number of nitrogens with zero attached hydrogens (tertiary/aromatic N) is 2. The molecule has 0 unspecified atom stereocenters. The summed E-state index contributed by atoms with van der Waals surface area (Å²) in [5.41, 5.74) is 0.879. The van der Waals surface area contributed by atoms with Crippen LogP contribution < -0.4 is 9.47 Å². The maximum atomic E-state index is 13.1. The Bertz CT molecular complexity index is 1030. The molecule has 8 heteroatoms. The van der Waals surface area contributed by atoms with Crippen molar-refractivity contribution in [1.29, 1.82) is 0 Å². The van der Waals surface area contributed by atoms with Gasteiger partial charge in [0.05, 0.1) is 21.2 Å². The Hall–Kier alpha value is -2.16. The van der Waals surface area contributed by atoms with E-state index in [1.807, 2.05) is 31.2 Å². The smallest absolute Gasteiger partial charge is 0.243 e. The highest BCUT2D eigenvalue weighted by atomic mass is 32.2. The predicted octanol–water partition coefficient (Wildman–Crippen LogP) is 3.45. The molecule has 3 aromatic rings. The van der Waals surface area contributed by atoms with Crippen molar-refractivity contribution in [2.75, 3.05) is 20.3 Å². The molecule has 2 heterocycles. The number of hydrogen-bond acceptors (Lipinski definition) is 6. The highest BCUT2D eigenvalue weighted by Gasteiger charge is 2.29. The van der Waals surface area contributed by atoms with Gasteiger partial charge in [0.1, 0.15) is 18.2 Å². The Morgan fingerprint density at radius 2 is 1.85 bits per heavy atom. The van der Waals surface area contributed by atoms with Gasteiger partial charge < -0.3 is 9.47 Å². The Morgan fingerprint density at radius 1 is 1.12 bits per heavy atom. The number of para-hydroxylation sites is 1. The zero-order chi connectivity index (χ0) is 18.3. The number of hydrogen-bond donors (Lipinski definition) is 0. The minimum atomic E-state index is -3.69. The van der Waals surface area contributed by atoms with Gasteiger partial charge in [-0.1, -0.05) is 12.1 Å². The third-order valence-corrected chi connectivity index (χ3v) is 7.53. The maximum absolute atomic E-state index is 13.1. The second-order valence-corrected chi connectivity index (χ2v) is 9.08. The maximum Gasteiger partial charge on any atom is 0.243 e. The van der Waals surface area contributed by atoms with Crippen molar-refractivity contribution in [1.82, 2.24) is 9.29 Å². The van der Waals surface area contributed by atoms with Gasteiger partial charge in [-0.15, -0.1) is 11.3 Å². The predicted molar refractivity (Wildman–Crippen MR) is 100 cm³/mol. The van der Waals surface area contributed by atoms with Gasteiger partial charge in [0.15, 0.2) is 11.5 Å². The summed E-state index contributed by atoms with van der Waals surface area (Å²) in [6, 6.07) is 12.1. The lowest BCUT2D eigenvalue weighted by atomic mass is 10.3. The van der Waals surface area contributed by atoms with Crippen molar-refractivity contribution >= 4 is 31.6 Å². The molecule has 0 bridgehead atoms. The van der Waals surface area contributed by atoms with E-state index in [-0.39, 0.29) is 10.9 Å². The van der Waals surface area contributed by atoms with Crippen LogP contribution in [0.15, 0.2) is 47.4 Å². The van der Waals surface area contributed by atoms with Crippen LogP contribution >= 0.6 is 11.3 Å². The second kappa shape index (κ2) is 6.53. The Labute approximate surface area is 156 Å². The van der Waals surface area contributed by atoms with Gasteiger partial charge in [-0.05, 0) is 31.2 Å². The molecule has 0 aliphatic carbocycles. The van der Waals surface area contributed by atoms with Gasteiger partial charge in [0.2, 0.25) is 10.0 Å². The van der Waals surface area contributed by atoms with Crippen LogP contribution in [0.3, 0.4) is 0 Å². The molecular weight excluding hydrogens is 372 g/mol. The fourth-order valence-corrected chi connectivity index (χ4v) is 5.26. The minimum Gasteiger partial charge on any atom is -0.486 e. The molecule has 1 aliphatic rings. The van der Waals surface area contributed by atoms with Crippen LogP contribution in [0.5, 0.6) is 11.5 Å². The standard InChI is InChI=1S/C18H18N2O4S2/c1-12(18-19-14-5-3-4-6-17(14)25-18)20(2)26(21,22)13-7-8-15-16(11-13)24-10-9-23-15/h3-8,11-12H,9-10H2,1-2H3/t12-/m0/s1. The first-order chi connectivity index (χ1) is 12.5. The molecule has 0 fully saturated rings. The molecule has 2 aromatic carbocycles. The molecule has 136 valence electrons. The van der Waals surface area contributed by atoms with Crippen molar-refractivity contribution in [3.05, 3.63) is 47.5 Å². The molecule has 4 rings (SSSR count). The first kappa shape index (κ1) is 17.3. The van der Waals surface area contributed by atoms with Crippen LogP contribution in [0.4, 0.5) is 0 Å². The zero-order valence-corrected chi connectivity index (χ0v) is 16.0. The molecule has 1 aromatic heterocycles. The number of benzene rings is 2. The van der Waals surface area contributed by atoms with E-state index in [0.717, 1.165) is 15.2 Å². The van der Waals surface area contributed by atoms with E-state index in [2.05, 4.69) is 4.98 Å². The molecule has 1 aliphatic heterocycles. The van der Waals surface area contributed by atoms with E-state index in [0.29, 0.717) is 24.7 Å². The lowest BCUT2D eigenvalue weighted by molar-refractivity contribution is 0.171. The second-order valence-electron chi connectivity index (χ2n) is 6.02. The first-order valence-corrected chi connectivity index (χ1v) is 10.5. The van der Waals surface area contributed by atoms with Gasteiger partial charge in [0.25, 0.3) is 0 Å². The van der Waals surface area contributed by atoms with Crippen LogP contribution in [0.25, 0.3) is 10.2 Å². The highest BCUT2D eigenvalue weighted by molar-refractivity contribution is 7.89. The van der Waals surface area contributed by atoms with Gasteiger partial charge in [0, 0.05) is 13.1 Å². The largest absolute Gasteiger partial charge is 0.486 e. The summed E-state index contributed by atoms with van der Waals surface area (Å²) in [5, 5.41) is 0.759. The van der Waals surface area contributed by atoms with Crippen LogP contribution in [0, 0.1) is 0 Å². The molecule has 0 saturated heterocycles. The van der Waals surface area contributed by atoms with Gasteiger partial charge in [-0.3, -0.25) is 0 Å². The van der Waals surface area contributed by atoms with E-state index in [1.54, 1.807) is 19.2 Å². The molecule has 0 saturated carbocycles. The average molecular weight is 390 g/mol. The van der Waals surface area contributed by atoms with Crippen molar-refractivity contribution in [2.45, 2.75) is 17.9 Å². The topological polar surface area (TPSA) is 68.7 Å². The number of thiazole rings is 1. The fourth-order valence-electron chi connectivity index (χ4n) is 2.78. The van der Waals surface area contributed by atoms with E-state index >= 15 is 0 Å². The zero-order valence-electron chi connectivity index (χ0n) is 14.4. The third kappa shape index (κ3) is 2.94. The summed E-state index contributed by atoms with van der Waals surface area (Å²) in [5.74, 6) is 1.02. The number of ether oxygens (including phenoxy) is 2.